The van der Waals surface area contributed by atoms with Crippen LogP contribution in [0.5, 0.6) is 5.75 Å². The van der Waals surface area contributed by atoms with Crippen molar-refractivity contribution in [1.29, 1.82) is 0 Å². The first kappa shape index (κ1) is 19.8. The second-order valence-electron chi connectivity index (χ2n) is 6.69. The fraction of sp³-hybridized carbons (Fsp3) is 0.250. The van der Waals surface area contributed by atoms with Crippen molar-refractivity contribution in [2.24, 2.45) is 10.3 Å². The number of carbonyl (C=O) groups excluding carboxylic acids is 3. The van der Waals surface area contributed by atoms with Crippen molar-refractivity contribution < 1.29 is 19.1 Å². The van der Waals surface area contributed by atoms with Gasteiger partial charge in [-0.1, -0.05) is 16.8 Å². The number of benzene rings is 2. The summed E-state index contributed by atoms with van der Waals surface area (Å²) in [5.41, 5.74) is 0.977. The van der Waals surface area contributed by atoms with Gasteiger partial charge < -0.3 is 10.1 Å². The number of nitrogens with zero attached hydrogens (tertiary/aromatic N) is 4. The van der Waals surface area contributed by atoms with E-state index >= 15 is 0 Å². The van der Waals surface area contributed by atoms with E-state index in [1.807, 2.05) is 6.92 Å². The van der Waals surface area contributed by atoms with Gasteiger partial charge in [0.15, 0.2) is 12.1 Å². The maximum atomic E-state index is 12.9. The van der Waals surface area contributed by atoms with Crippen LogP contribution in [-0.4, -0.2) is 48.0 Å². The molecule has 3 amide bonds. The molecule has 154 valence electrons. The summed E-state index contributed by atoms with van der Waals surface area (Å²) in [6, 6.07) is 11.4. The molecule has 0 aromatic heterocycles. The molecule has 0 spiro atoms. The van der Waals surface area contributed by atoms with Gasteiger partial charge in [0.2, 0.25) is 5.91 Å². The fourth-order valence-electron chi connectivity index (χ4n) is 3.35. The third kappa shape index (κ3) is 3.71. The second-order valence-corrected chi connectivity index (χ2v) is 7.12. The maximum Gasteiger partial charge on any atom is 0.263 e. The molecule has 2 heterocycles. The molecule has 30 heavy (non-hydrogen) atoms. The number of hydrogen-bond donors (Lipinski definition) is 1. The number of imide groups is 1. The Morgan fingerprint density at radius 3 is 2.47 bits per heavy atom. The first-order valence-electron chi connectivity index (χ1n) is 9.31. The molecule has 2 aromatic carbocycles. The van der Waals surface area contributed by atoms with Crippen LogP contribution in [-0.2, 0) is 14.4 Å². The van der Waals surface area contributed by atoms with Gasteiger partial charge in [-0.15, -0.1) is 0 Å². The Balaban J connectivity index is 1.43. The summed E-state index contributed by atoms with van der Waals surface area (Å²) in [5, 5.41) is 12.2. The van der Waals surface area contributed by atoms with Crippen molar-refractivity contribution in [2.45, 2.75) is 19.0 Å². The highest BCUT2D eigenvalue weighted by Gasteiger charge is 2.55. The molecule has 1 fully saturated rings. The predicted molar refractivity (Wildman–Crippen MR) is 109 cm³/mol. The Morgan fingerprint density at radius 2 is 1.80 bits per heavy atom. The molecule has 0 bridgehead atoms. The van der Waals surface area contributed by atoms with E-state index in [0.717, 1.165) is 4.90 Å². The highest BCUT2D eigenvalue weighted by molar-refractivity contribution is 6.31. The molecular weight excluding hydrogens is 410 g/mol. The number of anilines is 2. The lowest BCUT2D eigenvalue weighted by atomic mass is 10.1. The van der Waals surface area contributed by atoms with Crippen molar-refractivity contribution in [3.63, 3.8) is 0 Å². The van der Waals surface area contributed by atoms with Crippen LogP contribution in [0.15, 0.2) is 58.9 Å². The minimum Gasteiger partial charge on any atom is -0.494 e. The summed E-state index contributed by atoms with van der Waals surface area (Å²) in [5.74, 6) is -0.648. The van der Waals surface area contributed by atoms with E-state index in [1.54, 1.807) is 48.5 Å². The molecule has 4 rings (SSSR count). The Labute approximate surface area is 177 Å². The highest BCUT2D eigenvalue weighted by Crippen LogP contribution is 2.32. The second kappa shape index (κ2) is 8.11. The zero-order chi connectivity index (χ0) is 21.3. The van der Waals surface area contributed by atoms with Crippen LogP contribution in [0.1, 0.15) is 6.92 Å². The molecule has 10 heteroatoms. The lowest BCUT2D eigenvalue weighted by Crippen LogP contribution is -2.43. The van der Waals surface area contributed by atoms with Gasteiger partial charge in [0.05, 0.1) is 12.3 Å². The van der Waals surface area contributed by atoms with Gasteiger partial charge in [0.25, 0.3) is 11.8 Å². The normalized spacial score (nSPS) is 19.9. The molecule has 0 aliphatic carbocycles. The minimum atomic E-state index is -0.966. The maximum absolute atomic E-state index is 12.9. The molecule has 0 radical (unpaired) electrons. The van der Waals surface area contributed by atoms with Gasteiger partial charge in [-0.05, 0) is 55.5 Å². The van der Waals surface area contributed by atoms with Crippen LogP contribution in [0.2, 0.25) is 5.02 Å². The van der Waals surface area contributed by atoms with Gasteiger partial charge in [-0.3, -0.25) is 19.4 Å². The molecule has 0 saturated carbocycles. The lowest BCUT2D eigenvalue weighted by molar-refractivity contribution is -0.123. The van der Waals surface area contributed by atoms with Gasteiger partial charge in [-0.25, -0.2) is 4.90 Å². The highest BCUT2D eigenvalue weighted by atomic mass is 35.5. The van der Waals surface area contributed by atoms with E-state index in [2.05, 4.69) is 15.7 Å². The van der Waals surface area contributed by atoms with E-state index in [-0.39, 0.29) is 12.5 Å². The van der Waals surface area contributed by atoms with Crippen molar-refractivity contribution in [3.8, 4) is 5.75 Å². The first-order valence-corrected chi connectivity index (χ1v) is 9.69. The first-order chi connectivity index (χ1) is 14.5. The Hall–Kier alpha value is -3.46. The van der Waals surface area contributed by atoms with Crippen LogP contribution < -0.4 is 15.0 Å². The number of amides is 3. The van der Waals surface area contributed by atoms with E-state index in [0.29, 0.717) is 28.8 Å². The number of ether oxygens (including phenoxy) is 1. The van der Waals surface area contributed by atoms with Gasteiger partial charge in [-0.2, -0.15) is 5.11 Å². The Bertz CT molecular complexity index is 1010. The van der Waals surface area contributed by atoms with Gasteiger partial charge in [0, 0.05) is 10.7 Å². The lowest BCUT2D eigenvalue weighted by Gasteiger charge is -2.20. The monoisotopic (exact) mass is 427 g/mol. The summed E-state index contributed by atoms with van der Waals surface area (Å²) < 4.78 is 5.37. The minimum absolute atomic E-state index is 0.217. The number of fused-ring (bicyclic) bond motifs is 1. The van der Waals surface area contributed by atoms with Gasteiger partial charge in [0.1, 0.15) is 12.3 Å². The summed E-state index contributed by atoms with van der Waals surface area (Å²) in [7, 11) is 0. The molecule has 2 aliphatic rings. The zero-order valence-corrected chi connectivity index (χ0v) is 16.7. The van der Waals surface area contributed by atoms with Crippen molar-refractivity contribution in [1.82, 2.24) is 5.01 Å². The van der Waals surface area contributed by atoms with Crippen molar-refractivity contribution in [3.05, 3.63) is 53.6 Å². The van der Waals surface area contributed by atoms with Crippen molar-refractivity contribution in [2.75, 3.05) is 23.4 Å². The van der Waals surface area contributed by atoms with Crippen molar-refractivity contribution >= 4 is 40.7 Å². The quantitative estimate of drug-likeness (QED) is 0.714. The largest absolute Gasteiger partial charge is 0.494 e. The van der Waals surface area contributed by atoms with E-state index in [4.69, 9.17) is 16.3 Å². The zero-order valence-electron chi connectivity index (χ0n) is 16.0. The Morgan fingerprint density at radius 1 is 1.10 bits per heavy atom. The van der Waals surface area contributed by atoms with Crippen LogP contribution in [0.3, 0.4) is 0 Å². The number of nitrogens with one attached hydrogen (secondary N) is 1. The average Bonchev–Trinajstić information content (AvgIpc) is 3.24. The third-order valence-corrected chi connectivity index (χ3v) is 4.95. The Kier molecular flexibility index (Phi) is 5.37. The van der Waals surface area contributed by atoms with Gasteiger partial charge >= 0.3 is 0 Å². The smallest absolute Gasteiger partial charge is 0.263 e. The summed E-state index contributed by atoms with van der Waals surface area (Å²) in [6.07, 6.45) is 0. The SMILES string of the molecule is CCOc1ccc(NC(=O)CN2N=N[C@@H]3C(=O)N(c4ccc(Cl)cc4)C(=O)[C@@H]32)cc1. The standard InChI is InChI=1S/C20H18ClN5O4/c1-2-30-15-9-5-13(6-10-15)22-16(27)11-25-18-17(23-24-25)19(28)26(20(18)29)14-7-3-12(21)4-8-14/h3-10,17-18H,2,11H2,1H3,(H,22,27)/t17-,18+/m0/s1. The molecule has 2 aromatic rings. The van der Waals surface area contributed by atoms with Crippen LogP contribution in [0.25, 0.3) is 0 Å². The topological polar surface area (TPSA) is 104 Å². The molecule has 0 unspecified atom stereocenters. The molecule has 1 N–H and O–H groups in total. The average molecular weight is 428 g/mol. The summed E-state index contributed by atoms with van der Waals surface area (Å²) in [6.45, 7) is 2.22. The molecule has 1 saturated heterocycles. The predicted octanol–water partition coefficient (Wildman–Crippen LogP) is 2.67. The van der Waals surface area contributed by atoms with E-state index in [1.165, 1.54) is 5.01 Å². The van der Waals surface area contributed by atoms with E-state index < -0.39 is 23.9 Å². The molecule has 2 atom stereocenters. The molecular formula is C20H18ClN5O4. The van der Waals surface area contributed by atoms with Crippen LogP contribution in [0.4, 0.5) is 11.4 Å². The van der Waals surface area contributed by atoms with E-state index in [9.17, 15) is 14.4 Å². The fourth-order valence-corrected chi connectivity index (χ4v) is 3.47. The number of carbonyl (C=O) groups is 3. The van der Waals surface area contributed by atoms with Crippen LogP contribution in [0, 0.1) is 0 Å². The van der Waals surface area contributed by atoms with Crippen LogP contribution >= 0.6 is 11.6 Å². The number of halogens is 1. The molecule has 2 aliphatic heterocycles. The summed E-state index contributed by atoms with van der Waals surface area (Å²) >= 11 is 5.88. The number of hydrogen-bond acceptors (Lipinski definition) is 7. The summed E-state index contributed by atoms with van der Waals surface area (Å²) in [4.78, 5) is 39.1. The molecule has 9 nitrogen and oxygen atoms in total. The third-order valence-electron chi connectivity index (χ3n) is 4.70. The number of rotatable bonds is 6.